The van der Waals surface area contributed by atoms with Crippen LogP contribution in [0, 0.1) is 0 Å². The molecule has 18 heavy (non-hydrogen) atoms. The van der Waals surface area contributed by atoms with E-state index >= 15 is 0 Å². The van der Waals surface area contributed by atoms with E-state index in [9.17, 15) is 15.0 Å². The van der Waals surface area contributed by atoms with Gasteiger partial charge >= 0.3 is 5.97 Å². The Hall–Kier alpha value is -1.34. The van der Waals surface area contributed by atoms with E-state index in [1.54, 1.807) is 0 Å². The minimum absolute atomic E-state index is 0.0137. The van der Waals surface area contributed by atoms with Crippen LogP contribution >= 0.6 is 12.6 Å². The molecule has 0 amide bonds. The number of aromatic nitrogens is 1. The van der Waals surface area contributed by atoms with E-state index in [1.165, 1.54) is 0 Å². The fourth-order valence-corrected chi connectivity index (χ4v) is 3.18. The Labute approximate surface area is 108 Å². The fourth-order valence-electron chi connectivity index (χ4n) is 2.86. The van der Waals surface area contributed by atoms with E-state index in [0.29, 0.717) is 11.1 Å². The molecule has 3 atom stereocenters. The molecule has 3 N–H and O–H groups in total. The van der Waals surface area contributed by atoms with Gasteiger partial charge in [0.1, 0.15) is 6.04 Å². The average Bonchev–Trinajstić information content (AvgIpc) is 2.98. The van der Waals surface area contributed by atoms with Crippen molar-refractivity contribution >= 4 is 18.6 Å². The van der Waals surface area contributed by atoms with Gasteiger partial charge in [-0.15, -0.1) is 0 Å². The summed E-state index contributed by atoms with van der Waals surface area (Å²) in [6, 6.07) is -1.08. The number of ether oxygens (including phenoxy) is 1. The smallest absolute Gasteiger partial charge is 0.327 e. The Balaban J connectivity index is 2.16. The Morgan fingerprint density at radius 1 is 1.33 bits per heavy atom. The number of aromatic hydroxyl groups is 2. The van der Waals surface area contributed by atoms with Crippen molar-refractivity contribution in [3.8, 4) is 11.8 Å². The van der Waals surface area contributed by atoms with Gasteiger partial charge in [-0.2, -0.15) is 12.6 Å². The van der Waals surface area contributed by atoms with Gasteiger partial charge in [-0.05, 0) is 12.8 Å². The molecule has 1 fully saturated rings. The first kappa shape index (κ1) is 11.7. The lowest BCUT2D eigenvalue weighted by atomic mass is 9.95. The zero-order valence-corrected chi connectivity index (χ0v) is 10.3. The first-order valence-corrected chi connectivity index (χ1v) is 6.34. The minimum atomic E-state index is -1.14. The highest BCUT2D eigenvalue weighted by atomic mass is 32.1. The molecule has 1 aromatic heterocycles. The highest BCUT2D eigenvalue weighted by molar-refractivity contribution is 7.80. The number of carbonyl (C=O) groups is 1. The van der Waals surface area contributed by atoms with E-state index in [4.69, 9.17) is 9.84 Å². The number of carboxylic acid groups (broad SMARTS) is 1. The first-order chi connectivity index (χ1) is 8.56. The van der Waals surface area contributed by atoms with Crippen LogP contribution in [-0.2, 0) is 9.53 Å². The molecule has 1 aromatic rings. The third-order valence-corrected chi connectivity index (χ3v) is 4.01. The normalized spacial score (nSPS) is 26.3. The summed E-state index contributed by atoms with van der Waals surface area (Å²) in [6.45, 7) is 0. The van der Waals surface area contributed by atoms with E-state index in [0.717, 1.165) is 17.4 Å². The van der Waals surface area contributed by atoms with Gasteiger partial charge in [-0.25, -0.2) is 4.79 Å². The lowest BCUT2D eigenvalue weighted by molar-refractivity contribution is -0.140. The maximum atomic E-state index is 11.1. The summed E-state index contributed by atoms with van der Waals surface area (Å²) in [5.41, 5.74) is 1.08. The predicted molar refractivity (Wildman–Crippen MR) is 64.1 cm³/mol. The van der Waals surface area contributed by atoms with Gasteiger partial charge in [0.05, 0.1) is 23.3 Å². The van der Waals surface area contributed by atoms with Crippen molar-refractivity contribution in [2.45, 2.75) is 31.1 Å². The van der Waals surface area contributed by atoms with E-state index < -0.39 is 12.0 Å². The molecular formula is C11H13NO5S. The number of thiol groups is 1. The van der Waals surface area contributed by atoms with E-state index in [2.05, 4.69) is 12.6 Å². The Morgan fingerprint density at radius 3 is 2.22 bits per heavy atom. The molecule has 0 spiro atoms. The molecule has 3 heterocycles. The number of fused-ring (bicyclic) bond motifs is 5. The second kappa shape index (κ2) is 3.83. The van der Waals surface area contributed by atoms with E-state index in [-0.39, 0.29) is 29.7 Å². The van der Waals surface area contributed by atoms with Crippen molar-refractivity contribution in [3.63, 3.8) is 0 Å². The predicted octanol–water partition coefficient (Wildman–Crippen LogP) is 1.36. The van der Waals surface area contributed by atoms with Crippen LogP contribution in [0.25, 0.3) is 0 Å². The molecule has 0 aliphatic carbocycles. The largest absolute Gasteiger partial charge is 0.494 e. The van der Waals surface area contributed by atoms with Gasteiger partial charge in [0.2, 0.25) is 11.8 Å². The summed E-state index contributed by atoms with van der Waals surface area (Å²) in [5, 5.41) is 29.3. The average molecular weight is 271 g/mol. The van der Waals surface area contributed by atoms with Crippen molar-refractivity contribution in [3.05, 3.63) is 11.1 Å². The Kier molecular flexibility index (Phi) is 2.49. The molecule has 3 rings (SSSR count). The zero-order chi connectivity index (χ0) is 13.0. The number of carboxylic acids is 1. The standard InChI is InChI=1S/C11H13NO5S/c13-9-7-5-1-2-6(17-5)8(7)10(14)12(9)4(3-18)11(15)16/h4-6,13-14,18H,1-3H2,(H,15,16)/t4?,5-,6+. The van der Waals surface area contributed by atoms with Crippen LogP contribution in [0.15, 0.2) is 0 Å². The van der Waals surface area contributed by atoms with Crippen LogP contribution in [0.1, 0.15) is 42.2 Å². The molecule has 1 unspecified atom stereocenters. The minimum Gasteiger partial charge on any atom is -0.494 e. The van der Waals surface area contributed by atoms with Crippen LogP contribution in [0.3, 0.4) is 0 Å². The highest BCUT2D eigenvalue weighted by Crippen LogP contribution is 2.58. The topological polar surface area (TPSA) is 91.9 Å². The molecule has 98 valence electrons. The fraction of sp³-hybridized carbons (Fsp3) is 0.545. The Bertz CT molecular complexity index is 492. The maximum absolute atomic E-state index is 11.1. The summed E-state index contributed by atoms with van der Waals surface area (Å²) in [4.78, 5) is 11.1. The molecular weight excluding hydrogens is 258 g/mol. The van der Waals surface area contributed by atoms with Gasteiger partial charge in [-0.1, -0.05) is 0 Å². The second-order valence-electron chi connectivity index (χ2n) is 4.57. The van der Waals surface area contributed by atoms with Crippen LogP contribution in [0.2, 0.25) is 0 Å². The van der Waals surface area contributed by atoms with Gasteiger partial charge < -0.3 is 20.1 Å². The van der Waals surface area contributed by atoms with Gasteiger partial charge in [0.15, 0.2) is 0 Å². The number of rotatable bonds is 3. The molecule has 6 nitrogen and oxygen atoms in total. The van der Waals surface area contributed by atoms with Gasteiger partial charge in [0, 0.05) is 5.75 Å². The molecule has 2 aliphatic rings. The van der Waals surface area contributed by atoms with Crippen LogP contribution < -0.4 is 0 Å². The van der Waals surface area contributed by atoms with Crippen molar-refractivity contribution in [2.75, 3.05) is 5.75 Å². The summed E-state index contributed by atoms with van der Waals surface area (Å²) >= 11 is 3.96. The number of hydrogen-bond acceptors (Lipinski definition) is 5. The summed E-state index contributed by atoms with van der Waals surface area (Å²) in [7, 11) is 0. The summed E-state index contributed by atoms with van der Waals surface area (Å²) < 4.78 is 6.61. The van der Waals surface area contributed by atoms with Crippen LogP contribution in [0.4, 0.5) is 0 Å². The second-order valence-corrected chi connectivity index (χ2v) is 4.94. The lowest BCUT2D eigenvalue weighted by Gasteiger charge is -2.15. The molecule has 2 bridgehead atoms. The molecule has 2 aliphatic heterocycles. The maximum Gasteiger partial charge on any atom is 0.327 e. The molecule has 0 radical (unpaired) electrons. The number of nitrogens with zero attached hydrogens (tertiary/aromatic N) is 1. The van der Waals surface area contributed by atoms with Crippen molar-refractivity contribution in [2.24, 2.45) is 0 Å². The highest BCUT2D eigenvalue weighted by Gasteiger charge is 2.46. The number of hydrogen-bond donors (Lipinski definition) is 4. The van der Waals surface area contributed by atoms with Crippen LogP contribution in [0.5, 0.6) is 11.8 Å². The summed E-state index contributed by atoms with van der Waals surface area (Å²) in [6.07, 6.45) is 1.11. The lowest BCUT2D eigenvalue weighted by Crippen LogP contribution is -2.20. The van der Waals surface area contributed by atoms with Gasteiger partial charge in [-0.3, -0.25) is 4.57 Å². The van der Waals surface area contributed by atoms with Crippen LogP contribution in [-0.4, -0.2) is 31.6 Å². The molecule has 0 saturated carbocycles. The Morgan fingerprint density at radius 2 is 1.83 bits per heavy atom. The van der Waals surface area contributed by atoms with Gasteiger partial charge in [0.25, 0.3) is 0 Å². The van der Waals surface area contributed by atoms with Crippen molar-refractivity contribution < 1.29 is 24.9 Å². The third-order valence-electron chi connectivity index (χ3n) is 3.66. The SMILES string of the molecule is O=C(O)C(CS)n1c(O)c2c(c1O)[C@H]1CC[C@@H]2O1. The van der Waals surface area contributed by atoms with E-state index in [1.807, 2.05) is 0 Å². The first-order valence-electron chi connectivity index (χ1n) is 5.71. The monoisotopic (exact) mass is 271 g/mol. The molecule has 7 heteroatoms. The molecule has 0 aromatic carbocycles. The zero-order valence-electron chi connectivity index (χ0n) is 9.41. The van der Waals surface area contributed by atoms with Crippen molar-refractivity contribution in [1.82, 2.24) is 4.57 Å². The third kappa shape index (κ3) is 1.31. The quantitative estimate of drug-likeness (QED) is 0.623. The number of aliphatic carboxylic acids is 1. The van der Waals surface area contributed by atoms with Crippen molar-refractivity contribution in [1.29, 1.82) is 0 Å². The molecule has 1 saturated heterocycles. The summed E-state index contributed by atoms with van der Waals surface area (Å²) in [5.74, 6) is -1.58.